The Bertz CT molecular complexity index is 534. The van der Waals surface area contributed by atoms with Crippen LogP contribution >= 0.6 is 0 Å². The molecule has 4 aliphatic carbocycles. The fourth-order valence-electron chi connectivity index (χ4n) is 7.83. The van der Waals surface area contributed by atoms with Gasteiger partial charge in [0.2, 0.25) is 0 Å². The number of fused-ring (bicyclic) bond motifs is 5. The van der Waals surface area contributed by atoms with Crippen LogP contribution in [0.4, 0.5) is 0 Å². The SMILES string of the molecule is CC1CC[C@@]2(C)C(CC[C@@H]3[C@H]2CC[C@@]2(C)[C@H]3CCC2(O)C=NO)C1. The highest BCUT2D eigenvalue weighted by Gasteiger charge is 2.64. The number of aliphatic hydroxyl groups is 1. The minimum Gasteiger partial charge on any atom is -0.411 e. The molecule has 0 spiro atoms. The Kier molecular flexibility index (Phi) is 3.84. The van der Waals surface area contributed by atoms with Crippen LogP contribution in [0.3, 0.4) is 0 Å². The van der Waals surface area contributed by atoms with E-state index in [1.54, 1.807) is 0 Å². The number of nitrogens with zero attached hydrogens (tertiary/aromatic N) is 1. The van der Waals surface area contributed by atoms with Crippen molar-refractivity contribution in [1.29, 1.82) is 0 Å². The smallest absolute Gasteiger partial charge is 0.109 e. The molecule has 0 saturated heterocycles. The third kappa shape index (κ3) is 2.09. The first-order chi connectivity index (χ1) is 11.3. The molecule has 0 aromatic heterocycles. The largest absolute Gasteiger partial charge is 0.411 e. The third-order valence-electron chi connectivity index (χ3n) is 9.41. The predicted octanol–water partition coefficient (Wildman–Crippen LogP) is 4.86. The maximum Gasteiger partial charge on any atom is 0.109 e. The highest BCUT2D eigenvalue weighted by molar-refractivity contribution is 5.70. The molecule has 4 aliphatic rings. The van der Waals surface area contributed by atoms with E-state index in [1.807, 2.05) is 0 Å². The van der Waals surface area contributed by atoms with E-state index in [0.717, 1.165) is 42.9 Å². The molecule has 0 bridgehead atoms. The van der Waals surface area contributed by atoms with Gasteiger partial charge < -0.3 is 10.3 Å². The van der Waals surface area contributed by atoms with Crippen LogP contribution in [0, 0.1) is 40.4 Å². The molecule has 4 fully saturated rings. The monoisotopic (exact) mass is 333 g/mol. The Morgan fingerprint density at radius 3 is 2.46 bits per heavy atom. The van der Waals surface area contributed by atoms with E-state index < -0.39 is 5.60 Å². The molecule has 0 heterocycles. The van der Waals surface area contributed by atoms with E-state index in [4.69, 9.17) is 5.21 Å². The van der Waals surface area contributed by atoms with Crippen molar-refractivity contribution < 1.29 is 10.3 Å². The quantitative estimate of drug-likeness (QED) is 0.409. The highest BCUT2D eigenvalue weighted by atomic mass is 16.4. The Labute approximate surface area is 146 Å². The van der Waals surface area contributed by atoms with Crippen molar-refractivity contribution in [2.75, 3.05) is 0 Å². The van der Waals surface area contributed by atoms with Crippen LogP contribution in [0.2, 0.25) is 0 Å². The van der Waals surface area contributed by atoms with Crippen molar-refractivity contribution in [2.24, 2.45) is 45.6 Å². The van der Waals surface area contributed by atoms with Gasteiger partial charge in [-0.2, -0.15) is 0 Å². The molecule has 4 saturated carbocycles. The third-order valence-corrected chi connectivity index (χ3v) is 9.41. The van der Waals surface area contributed by atoms with E-state index in [0.29, 0.717) is 11.3 Å². The van der Waals surface area contributed by atoms with Crippen LogP contribution in [0.1, 0.15) is 78.6 Å². The van der Waals surface area contributed by atoms with Crippen LogP contribution in [-0.4, -0.2) is 22.1 Å². The van der Waals surface area contributed by atoms with Crippen molar-refractivity contribution >= 4 is 6.21 Å². The lowest BCUT2D eigenvalue weighted by Gasteiger charge is -2.61. The van der Waals surface area contributed by atoms with E-state index in [2.05, 4.69) is 25.9 Å². The summed E-state index contributed by atoms with van der Waals surface area (Å²) < 4.78 is 0. The Morgan fingerprint density at radius 2 is 1.71 bits per heavy atom. The summed E-state index contributed by atoms with van der Waals surface area (Å²) >= 11 is 0. The van der Waals surface area contributed by atoms with Gasteiger partial charge in [-0.3, -0.25) is 0 Å². The summed E-state index contributed by atoms with van der Waals surface area (Å²) in [5.41, 5.74) is -0.482. The zero-order valence-electron chi connectivity index (χ0n) is 15.7. The zero-order valence-corrected chi connectivity index (χ0v) is 15.7. The van der Waals surface area contributed by atoms with Crippen LogP contribution in [-0.2, 0) is 0 Å². The second-order valence-electron chi connectivity index (χ2n) is 10.2. The van der Waals surface area contributed by atoms with Gasteiger partial charge in [-0.15, -0.1) is 0 Å². The summed E-state index contributed by atoms with van der Waals surface area (Å²) in [7, 11) is 0. The first-order valence-electron chi connectivity index (χ1n) is 10.2. The van der Waals surface area contributed by atoms with Crippen LogP contribution in [0.25, 0.3) is 0 Å². The molecule has 0 aromatic rings. The average Bonchev–Trinajstić information content (AvgIpc) is 2.80. The molecule has 2 N–H and O–H groups in total. The molecular weight excluding hydrogens is 298 g/mol. The Balaban J connectivity index is 1.63. The van der Waals surface area contributed by atoms with Gasteiger partial charge in [-0.05, 0) is 86.4 Å². The summed E-state index contributed by atoms with van der Waals surface area (Å²) in [5, 5.41) is 23.5. The number of oxime groups is 1. The number of rotatable bonds is 1. The molecule has 4 rings (SSSR count). The second kappa shape index (κ2) is 5.46. The van der Waals surface area contributed by atoms with Crippen molar-refractivity contribution in [3.63, 3.8) is 0 Å². The van der Waals surface area contributed by atoms with Gasteiger partial charge in [-0.25, -0.2) is 0 Å². The van der Waals surface area contributed by atoms with E-state index in [-0.39, 0.29) is 5.41 Å². The molecule has 3 heteroatoms. The van der Waals surface area contributed by atoms with E-state index in [1.165, 1.54) is 44.7 Å². The van der Waals surface area contributed by atoms with Gasteiger partial charge in [0.25, 0.3) is 0 Å². The molecule has 3 unspecified atom stereocenters. The first kappa shape index (κ1) is 16.9. The van der Waals surface area contributed by atoms with Gasteiger partial charge in [0.05, 0.1) is 6.21 Å². The van der Waals surface area contributed by atoms with Crippen molar-refractivity contribution in [3.8, 4) is 0 Å². The summed E-state index contributed by atoms with van der Waals surface area (Å²) in [6.45, 7) is 7.30. The zero-order chi connectivity index (χ0) is 17.2. The minimum absolute atomic E-state index is 0.106. The minimum atomic E-state index is -0.907. The molecule has 8 atom stereocenters. The van der Waals surface area contributed by atoms with Crippen molar-refractivity contribution in [2.45, 2.75) is 84.2 Å². The first-order valence-corrected chi connectivity index (χ1v) is 10.2. The lowest BCUT2D eigenvalue weighted by atomic mass is 9.44. The van der Waals surface area contributed by atoms with Crippen molar-refractivity contribution in [1.82, 2.24) is 0 Å². The summed E-state index contributed by atoms with van der Waals surface area (Å²) in [6.07, 6.45) is 12.6. The van der Waals surface area contributed by atoms with Gasteiger partial charge in [-0.1, -0.05) is 32.3 Å². The van der Waals surface area contributed by atoms with E-state index in [9.17, 15) is 5.11 Å². The fraction of sp³-hybridized carbons (Fsp3) is 0.952. The molecule has 0 amide bonds. The maximum absolute atomic E-state index is 11.2. The Morgan fingerprint density at radius 1 is 0.958 bits per heavy atom. The summed E-state index contributed by atoms with van der Waals surface area (Å²) in [6, 6.07) is 0. The predicted molar refractivity (Wildman–Crippen MR) is 96.1 cm³/mol. The normalized spacial score (nSPS) is 57.4. The van der Waals surface area contributed by atoms with Gasteiger partial charge in [0.1, 0.15) is 5.60 Å². The highest BCUT2D eigenvalue weighted by Crippen LogP contribution is 2.68. The number of hydrogen-bond donors (Lipinski definition) is 2. The summed E-state index contributed by atoms with van der Waals surface area (Å²) in [4.78, 5) is 0. The second-order valence-corrected chi connectivity index (χ2v) is 10.2. The molecular formula is C21H35NO2. The number of hydrogen-bond acceptors (Lipinski definition) is 3. The van der Waals surface area contributed by atoms with Crippen molar-refractivity contribution in [3.05, 3.63) is 0 Å². The fourth-order valence-corrected chi connectivity index (χ4v) is 7.83. The molecule has 0 aliphatic heterocycles. The molecule has 0 aromatic carbocycles. The van der Waals surface area contributed by atoms with Gasteiger partial charge in [0.15, 0.2) is 0 Å². The molecule has 3 nitrogen and oxygen atoms in total. The standard InChI is InChI=1S/C21H35NO2/c1-14-6-9-19(2)15(12-14)4-5-16-17(19)7-10-20(3)18(16)8-11-21(20,23)13-22-24/h13-18,23-24H,4-12H2,1-3H3/t14?,15?,16-,17-,18+,19+,20+,21?/m1/s1. The lowest BCUT2D eigenvalue weighted by molar-refractivity contribution is -0.135. The van der Waals surface area contributed by atoms with Gasteiger partial charge >= 0.3 is 0 Å². The lowest BCUT2D eigenvalue weighted by Crippen LogP contribution is -2.56. The van der Waals surface area contributed by atoms with E-state index >= 15 is 0 Å². The molecule has 136 valence electrons. The van der Waals surface area contributed by atoms with Crippen LogP contribution in [0.5, 0.6) is 0 Å². The summed E-state index contributed by atoms with van der Waals surface area (Å²) in [5.74, 6) is 4.03. The molecule has 0 radical (unpaired) electrons. The molecule has 24 heavy (non-hydrogen) atoms. The Hall–Kier alpha value is -0.570. The average molecular weight is 334 g/mol. The topological polar surface area (TPSA) is 52.8 Å². The maximum atomic E-state index is 11.2. The van der Waals surface area contributed by atoms with Crippen LogP contribution in [0.15, 0.2) is 5.16 Å². The van der Waals surface area contributed by atoms with Crippen LogP contribution < -0.4 is 0 Å². The van der Waals surface area contributed by atoms with Gasteiger partial charge in [0, 0.05) is 5.41 Å².